The van der Waals surface area contributed by atoms with Gasteiger partial charge in [0.2, 0.25) is 0 Å². The summed E-state index contributed by atoms with van der Waals surface area (Å²) in [6.07, 6.45) is 4.96. The van der Waals surface area contributed by atoms with E-state index in [4.69, 9.17) is 0 Å². The highest BCUT2D eigenvalue weighted by atomic mass is 19.1. The number of halogens is 1. The Hall–Kier alpha value is -1.42. The first-order valence-electron chi connectivity index (χ1n) is 8.49. The number of hydrogen-bond acceptors (Lipinski definition) is 2. The molecule has 0 saturated carbocycles. The van der Waals surface area contributed by atoms with Gasteiger partial charge in [-0.25, -0.2) is 9.37 Å². The van der Waals surface area contributed by atoms with E-state index >= 15 is 0 Å². The maximum atomic E-state index is 13.3. The molecule has 0 aliphatic carbocycles. The Labute approximate surface area is 131 Å². The lowest BCUT2D eigenvalue weighted by Crippen LogP contribution is -2.35. The minimum absolute atomic E-state index is 0.207. The van der Waals surface area contributed by atoms with Gasteiger partial charge in [0.15, 0.2) is 0 Å². The molecule has 1 unspecified atom stereocenters. The van der Waals surface area contributed by atoms with Gasteiger partial charge in [-0.1, -0.05) is 13.8 Å². The fourth-order valence-electron chi connectivity index (χ4n) is 3.40. The highest BCUT2D eigenvalue weighted by Gasteiger charge is 2.23. The van der Waals surface area contributed by atoms with Crippen LogP contribution in [0, 0.1) is 11.7 Å². The molecule has 120 valence electrons. The maximum Gasteiger partial charge on any atom is 0.125 e. The molecule has 0 amide bonds. The van der Waals surface area contributed by atoms with E-state index in [9.17, 15) is 4.39 Å². The van der Waals surface area contributed by atoms with Crippen molar-refractivity contribution >= 4 is 11.0 Å². The number of aromatic nitrogens is 2. The number of benzene rings is 1. The van der Waals surface area contributed by atoms with Gasteiger partial charge in [-0.2, -0.15) is 0 Å². The number of hydrogen-bond donors (Lipinski definition) is 1. The number of rotatable bonds is 5. The number of nitrogens with zero attached hydrogens (tertiary/aromatic N) is 2. The molecule has 1 fully saturated rings. The van der Waals surface area contributed by atoms with Crippen molar-refractivity contribution < 1.29 is 4.39 Å². The van der Waals surface area contributed by atoms with Crippen molar-refractivity contribution in [2.45, 2.75) is 45.4 Å². The maximum absolute atomic E-state index is 13.3. The van der Waals surface area contributed by atoms with E-state index in [0.717, 1.165) is 29.3 Å². The molecule has 2 heterocycles. The molecule has 1 aliphatic heterocycles. The fourth-order valence-corrected chi connectivity index (χ4v) is 3.40. The predicted molar refractivity (Wildman–Crippen MR) is 88.5 cm³/mol. The SMILES string of the molecule is CC(C)CCCN1CCCC(c2nc3ccc(F)cc3[nH]2)C1. The van der Waals surface area contributed by atoms with Crippen LogP contribution in [0.2, 0.25) is 0 Å². The molecule has 0 spiro atoms. The average Bonchev–Trinajstić information content (AvgIpc) is 2.90. The third-order valence-electron chi connectivity index (χ3n) is 4.61. The fraction of sp³-hybridized carbons (Fsp3) is 0.611. The van der Waals surface area contributed by atoms with Gasteiger partial charge < -0.3 is 9.88 Å². The molecular formula is C18H26FN3. The van der Waals surface area contributed by atoms with E-state index in [1.54, 1.807) is 6.07 Å². The molecule has 1 aromatic carbocycles. The van der Waals surface area contributed by atoms with Crippen LogP contribution in [-0.2, 0) is 0 Å². The van der Waals surface area contributed by atoms with Crippen LogP contribution in [0.4, 0.5) is 4.39 Å². The van der Waals surface area contributed by atoms with Crippen LogP contribution in [0.5, 0.6) is 0 Å². The Balaban J connectivity index is 1.65. The van der Waals surface area contributed by atoms with E-state index in [2.05, 4.69) is 28.7 Å². The van der Waals surface area contributed by atoms with Gasteiger partial charge in [0, 0.05) is 12.5 Å². The molecule has 22 heavy (non-hydrogen) atoms. The van der Waals surface area contributed by atoms with E-state index < -0.39 is 0 Å². The molecule has 3 rings (SSSR count). The first kappa shape index (κ1) is 15.5. The van der Waals surface area contributed by atoms with Gasteiger partial charge in [-0.15, -0.1) is 0 Å². The summed E-state index contributed by atoms with van der Waals surface area (Å²) in [4.78, 5) is 10.6. The van der Waals surface area contributed by atoms with Crippen LogP contribution in [0.15, 0.2) is 18.2 Å². The summed E-state index contributed by atoms with van der Waals surface area (Å²) in [5, 5.41) is 0. The van der Waals surface area contributed by atoms with Crippen LogP contribution in [0.25, 0.3) is 11.0 Å². The Morgan fingerprint density at radius 2 is 2.27 bits per heavy atom. The van der Waals surface area contributed by atoms with Crippen LogP contribution in [0.3, 0.4) is 0 Å². The molecule has 1 N–H and O–H groups in total. The Bertz CT molecular complexity index is 620. The zero-order valence-corrected chi connectivity index (χ0v) is 13.6. The van der Waals surface area contributed by atoms with E-state index in [1.165, 1.54) is 50.9 Å². The number of nitrogens with one attached hydrogen (secondary N) is 1. The largest absolute Gasteiger partial charge is 0.342 e. The van der Waals surface area contributed by atoms with Crippen molar-refractivity contribution in [3.05, 3.63) is 29.8 Å². The van der Waals surface area contributed by atoms with Crippen LogP contribution < -0.4 is 0 Å². The Morgan fingerprint density at radius 1 is 1.41 bits per heavy atom. The summed E-state index contributed by atoms with van der Waals surface area (Å²) >= 11 is 0. The molecule has 1 atom stereocenters. The normalized spacial score (nSPS) is 20.1. The minimum Gasteiger partial charge on any atom is -0.342 e. The quantitative estimate of drug-likeness (QED) is 0.892. The predicted octanol–water partition coefficient (Wildman–Crippen LogP) is 4.32. The lowest BCUT2D eigenvalue weighted by molar-refractivity contribution is 0.199. The average molecular weight is 303 g/mol. The first-order chi connectivity index (χ1) is 10.6. The van der Waals surface area contributed by atoms with Crippen molar-refractivity contribution in [2.24, 2.45) is 5.92 Å². The highest BCUT2D eigenvalue weighted by molar-refractivity contribution is 5.75. The molecule has 3 nitrogen and oxygen atoms in total. The molecule has 0 radical (unpaired) electrons. The monoisotopic (exact) mass is 303 g/mol. The molecular weight excluding hydrogens is 277 g/mol. The van der Waals surface area contributed by atoms with Crippen molar-refractivity contribution in [3.8, 4) is 0 Å². The number of imidazole rings is 1. The van der Waals surface area contributed by atoms with Gasteiger partial charge in [0.05, 0.1) is 11.0 Å². The van der Waals surface area contributed by atoms with Crippen molar-refractivity contribution in [3.63, 3.8) is 0 Å². The summed E-state index contributed by atoms with van der Waals surface area (Å²) in [5.41, 5.74) is 1.68. The number of fused-ring (bicyclic) bond motifs is 1. The molecule has 2 aromatic rings. The standard InChI is InChI=1S/C18H26FN3/c1-13(2)5-3-9-22-10-4-6-14(12-22)18-20-16-8-7-15(19)11-17(16)21-18/h7-8,11,13-14H,3-6,9-10,12H2,1-2H3,(H,20,21). The summed E-state index contributed by atoms with van der Waals surface area (Å²) in [5.74, 6) is 2.05. The summed E-state index contributed by atoms with van der Waals surface area (Å²) in [6, 6.07) is 4.77. The van der Waals surface area contributed by atoms with Gasteiger partial charge in [-0.05, 0) is 62.9 Å². The zero-order valence-electron chi connectivity index (χ0n) is 13.6. The van der Waals surface area contributed by atoms with Gasteiger partial charge in [0.25, 0.3) is 0 Å². The zero-order chi connectivity index (χ0) is 15.5. The van der Waals surface area contributed by atoms with Crippen molar-refractivity contribution in [1.82, 2.24) is 14.9 Å². The number of aromatic amines is 1. The molecule has 0 bridgehead atoms. The summed E-state index contributed by atoms with van der Waals surface area (Å²) < 4.78 is 13.3. The molecule has 1 aliphatic rings. The third kappa shape index (κ3) is 3.67. The summed E-state index contributed by atoms with van der Waals surface area (Å²) in [7, 11) is 0. The van der Waals surface area contributed by atoms with E-state index in [1.807, 2.05) is 0 Å². The second kappa shape index (κ2) is 6.78. The number of H-pyrrole nitrogens is 1. The van der Waals surface area contributed by atoms with Crippen LogP contribution in [0.1, 0.15) is 51.3 Å². The Kier molecular flexibility index (Phi) is 4.77. The third-order valence-corrected chi connectivity index (χ3v) is 4.61. The second-order valence-corrected chi connectivity index (χ2v) is 6.96. The van der Waals surface area contributed by atoms with Crippen LogP contribution in [-0.4, -0.2) is 34.5 Å². The number of piperidine rings is 1. The summed E-state index contributed by atoms with van der Waals surface area (Å²) in [6.45, 7) is 8.02. The molecule has 1 aromatic heterocycles. The van der Waals surface area contributed by atoms with E-state index in [-0.39, 0.29) is 5.82 Å². The Morgan fingerprint density at radius 3 is 3.09 bits per heavy atom. The second-order valence-electron chi connectivity index (χ2n) is 6.96. The number of likely N-dealkylation sites (tertiary alicyclic amines) is 1. The van der Waals surface area contributed by atoms with Gasteiger partial charge >= 0.3 is 0 Å². The van der Waals surface area contributed by atoms with Crippen molar-refractivity contribution in [1.29, 1.82) is 0 Å². The lowest BCUT2D eigenvalue weighted by Gasteiger charge is -2.31. The molecule has 1 saturated heterocycles. The lowest BCUT2D eigenvalue weighted by atomic mass is 9.97. The van der Waals surface area contributed by atoms with Gasteiger partial charge in [-0.3, -0.25) is 0 Å². The highest BCUT2D eigenvalue weighted by Crippen LogP contribution is 2.27. The van der Waals surface area contributed by atoms with Crippen molar-refractivity contribution in [2.75, 3.05) is 19.6 Å². The van der Waals surface area contributed by atoms with Gasteiger partial charge in [0.1, 0.15) is 11.6 Å². The first-order valence-corrected chi connectivity index (χ1v) is 8.49. The van der Waals surface area contributed by atoms with Crippen LogP contribution >= 0.6 is 0 Å². The smallest absolute Gasteiger partial charge is 0.125 e. The topological polar surface area (TPSA) is 31.9 Å². The minimum atomic E-state index is -0.207. The van der Waals surface area contributed by atoms with E-state index in [0.29, 0.717) is 5.92 Å². The molecule has 4 heteroatoms.